The number of rotatable bonds is 4. The second-order valence-electron chi connectivity index (χ2n) is 3.82. The SMILES string of the molecule is O=C1CC(CS)CN1CCc1cocn1. The Morgan fingerprint density at radius 3 is 3.13 bits per heavy atom. The number of hydrogen-bond donors (Lipinski definition) is 1. The average molecular weight is 226 g/mol. The van der Waals surface area contributed by atoms with Gasteiger partial charge >= 0.3 is 0 Å². The summed E-state index contributed by atoms with van der Waals surface area (Å²) in [5, 5.41) is 0. The van der Waals surface area contributed by atoms with E-state index in [0.717, 1.165) is 31.0 Å². The lowest BCUT2D eigenvalue weighted by Gasteiger charge is -2.14. The Morgan fingerprint density at radius 2 is 2.53 bits per heavy atom. The van der Waals surface area contributed by atoms with Gasteiger partial charge in [0.2, 0.25) is 5.91 Å². The summed E-state index contributed by atoms with van der Waals surface area (Å²) in [6, 6.07) is 0. The number of aromatic nitrogens is 1. The molecular weight excluding hydrogens is 212 g/mol. The van der Waals surface area contributed by atoms with Crippen LogP contribution in [0.2, 0.25) is 0 Å². The largest absolute Gasteiger partial charge is 0.451 e. The molecule has 0 radical (unpaired) electrons. The van der Waals surface area contributed by atoms with Gasteiger partial charge < -0.3 is 9.32 Å². The first-order valence-corrected chi connectivity index (χ1v) is 5.68. The molecule has 0 bridgehead atoms. The van der Waals surface area contributed by atoms with Crippen molar-refractivity contribution in [1.82, 2.24) is 9.88 Å². The summed E-state index contributed by atoms with van der Waals surface area (Å²) in [4.78, 5) is 17.5. The molecule has 1 amide bonds. The van der Waals surface area contributed by atoms with Crippen LogP contribution in [-0.4, -0.2) is 34.6 Å². The van der Waals surface area contributed by atoms with Gasteiger partial charge in [-0.2, -0.15) is 12.6 Å². The van der Waals surface area contributed by atoms with Crippen molar-refractivity contribution in [2.75, 3.05) is 18.8 Å². The number of oxazole rings is 1. The summed E-state index contributed by atoms with van der Waals surface area (Å²) in [7, 11) is 0. The van der Waals surface area contributed by atoms with Crippen LogP contribution in [0.4, 0.5) is 0 Å². The third-order valence-electron chi connectivity index (χ3n) is 2.67. The van der Waals surface area contributed by atoms with Crippen molar-refractivity contribution in [3.63, 3.8) is 0 Å². The van der Waals surface area contributed by atoms with Crippen molar-refractivity contribution in [2.24, 2.45) is 5.92 Å². The summed E-state index contributed by atoms with van der Waals surface area (Å²) in [5.41, 5.74) is 0.900. The lowest BCUT2D eigenvalue weighted by atomic mass is 10.1. The number of carbonyl (C=O) groups is 1. The van der Waals surface area contributed by atoms with Gasteiger partial charge in [0.1, 0.15) is 6.26 Å². The van der Waals surface area contributed by atoms with Crippen LogP contribution in [0.1, 0.15) is 12.1 Å². The van der Waals surface area contributed by atoms with Crippen LogP contribution in [-0.2, 0) is 11.2 Å². The zero-order valence-electron chi connectivity index (χ0n) is 8.43. The number of nitrogens with zero attached hydrogens (tertiary/aromatic N) is 2. The Morgan fingerprint density at radius 1 is 1.67 bits per heavy atom. The highest BCUT2D eigenvalue weighted by Gasteiger charge is 2.28. The van der Waals surface area contributed by atoms with Crippen LogP contribution in [0, 0.1) is 5.92 Å². The van der Waals surface area contributed by atoms with Crippen molar-refractivity contribution in [3.05, 3.63) is 18.4 Å². The number of carbonyl (C=O) groups excluding carboxylic acids is 1. The molecule has 1 atom stereocenters. The fraction of sp³-hybridized carbons (Fsp3) is 0.600. The van der Waals surface area contributed by atoms with Crippen LogP contribution < -0.4 is 0 Å². The second kappa shape index (κ2) is 4.70. The van der Waals surface area contributed by atoms with Gasteiger partial charge in [-0.3, -0.25) is 4.79 Å². The van der Waals surface area contributed by atoms with E-state index in [2.05, 4.69) is 17.6 Å². The second-order valence-corrected chi connectivity index (χ2v) is 4.19. The summed E-state index contributed by atoms with van der Waals surface area (Å²) >= 11 is 4.22. The molecule has 0 aromatic carbocycles. The first kappa shape index (κ1) is 10.5. The molecule has 82 valence electrons. The number of likely N-dealkylation sites (tertiary alicyclic amines) is 1. The highest BCUT2D eigenvalue weighted by atomic mass is 32.1. The monoisotopic (exact) mass is 226 g/mol. The van der Waals surface area contributed by atoms with Crippen molar-refractivity contribution in [3.8, 4) is 0 Å². The normalized spacial score (nSPS) is 21.3. The molecule has 0 aliphatic carbocycles. The van der Waals surface area contributed by atoms with E-state index in [9.17, 15) is 4.79 Å². The molecule has 2 heterocycles. The Bertz CT molecular complexity index is 326. The maximum atomic E-state index is 11.6. The maximum Gasteiger partial charge on any atom is 0.222 e. The molecule has 2 rings (SSSR count). The minimum atomic E-state index is 0.234. The minimum Gasteiger partial charge on any atom is -0.451 e. The summed E-state index contributed by atoms with van der Waals surface area (Å²) in [6.07, 6.45) is 4.44. The van der Waals surface area contributed by atoms with Gasteiger partial charge in [-0.05, 0) is 11.7 Å². The van der Waals surface area contributed by atoms with Gasteiger partial charge in [0.15, 0.2) is 6.39 Å². The molecule has 1 aromatic heterocycles. The van der Waals surface area contributed by atoms with E-state index in [-0.39, 0.29) is 5.91 Å². The number of hydrogen-bond acceptors (Lipinski definition) is 4. The van der Waals surface area contributed by atoms with E-state index in [1.54, 1.807) is 6.26 Å². The zero-order chi connectivity index (χ0) is 10.7. The number of amides is 1. The van der Waals surface area contributed by atoms with Crippen molar-refractivity contribution in [1.29, 1.82) is 0 Å². The topological polar surface area (TPSA) is 46.3 Å². The highest BCUT2D eigenvalue weighted by Crippen LogP contribution is 2.18. The third-order valence-corrected chi connectivity index (χ3v) is 3.19. The molecule has 1 aliphatic heterocycles. The predicted molar refractivity (Wildman–Crippen MR) is 58.7 cm³/mol. The third kappa shape index (κ3) is 2.53. The summed E-state index contributed by atoms with van der Waals surface area (Å²) in [6.45, 7) is 1.57. The van der Waals surface area contributed by atoms with Crippen molar-refractivity contribution < 1.29 is 9.21 Å². The van der Waals surface area contributed by atoms with E-state index in [1.807, 2.05) is 4.90 Å². The molecule has 4 nitrogen and oxygen atoms in total. The van der Waals surface area contributed by atoms with Crippen LogP contribution in [0.3, 0.4) is 0 Å². The molecule has 0 saturated carbocycles. The first-order chi connectivity index (χ1) is 7.29. The molecular formula is C10H14N2O2S. The van der Waals surface area contributed by atoms with Gasteiger partial charge in [0.05, 0.1) is 5.69 Å². The Balaban J connectivity index is 1.83. The summed E-state index contributed by atoms with van der Waals surface area (Å²) in [5.74, 6) is 1.43. The van der Waals surface area contributed by atoms with Gasteiger partial charge in [-0.15, -0.1) is 0 Å². The molecule has 5 heteroatoms. The molecule has 15 heavy (non-hydrogen) atoms. The highest BCUT2D eigenvalue weighted by molar-refractivity contribution is 7.80. The van der Waals surface area contributed by atoms with Crippen molar-refractivity contribution in [2.45, 2.75) is 12.8 Å². The van der Waals surface area contributed by atoms with Gasteiger partial charge in [0, 0.05) is 25.9 Å². The van der Waals surface area contributed by atoms with Crippen LogP contribution in [0.15, 0.2) is 17.1 Å². The van der Waals surface area contributed by atoms with Crippen LogP contribution in [0.25, 0.3) is 0 Å². The molecule has 1 aliphatic rings. The van der Waals surface area contributed by atoms with Crippen molar-refractivity contribution >= 4 is 18.5 Å². The first-order valence-electron chi connectivity index (χ1n) is 5.05. The van der Waals surface area contributed by atoms with E-state index in [0.29, 0.717) is 12.3 Å². The van der Waals surface area contributed by atoms with E-state index < -0.39 is 0 Å². The fourth-order valence-electron chi connectivity index (χ4n) is 1.80. The number of thiol groups is 1. The maximum absolute atomic E-state index is 11.6. The lowest BCUT2D eigenvalue weighted by Crippen LogP contribution is -2.27. The smallest absolute Gasteiger partial charge is 0.222 e. The molecule has 1 saturated heterocycles. The molecule has 0 N–H and O–H groups in total. The average Bonchev–Trinajstić information content (AvgIpc) is 2.84. The minimum absolute atomic E-state index is 0.234. The molecule has 1 unspecified atom stereocenters. The van der Waals surface area contributed by atoms with E-state index >= 15 is 0 Å². The van der Waals surface area contributed by atoms with Crippen LogP contribution >= 0.6 is 12.6 Å². The lowest BCUT2D eigenvalue weighted by molar-refractivity contribution is -0.127. The summed E-state index contributed by atoms with van der Waals surface area (Å²) < 4.78 is 4.87. The zero-order valence-corrected chi connectivity index (χ0v) is 9.32. The fourth-order valence-corrected chi connectivity index (χ4v) is 2.05. The van der Waals surface area contributed by atoms with E-state index in [4.69, 9.17) is 4.42 Å². The Kier molecular flexibility index (Phi) is 3.30. The molecule has 0 spiro atoms. The Hall–Kier alpha value is -0.970. The quantitative estimate of drug-likeness (QED) is 0.779. The standard InChI is InChI=1S/C10H14N2O2S/c13-10-3-8(6-15)4-12(10)2-1-9-5-14-7-11-9/h5,7-8,15H,1-4,6H2. The van der Waals surface area contributed by atoms with Gasteiger partial charge in [0.25, 0.3) is 0 Å². The van der Waals surface area contributed by atoms with E-state index in [1.165, 1.54) is 6.39 Å². The Labute approximate surface area is 94.1 Å². The molecule has 1 aromatic rings. The predicted octanol–water partition coefficient (Wildman–Crippen LogP) is 0.995. The molecule has 1 fully saturated rings. The van der Waals surface area contributed by atoms with Gasteiger partial charge in [-0.1, -0.05) is 0 Å². The van der Waals surface area contributed by atoms with Crippen LogP contribution in [0.5, 0.6) is 0 Å². The van der Waals surface area contributed by atoms with Gasteiger partial charge in [-0.25, -0.2) is 4.98 Å².